The fourth-order valence-corrected chi connectivity index (χ4v) is 1.71. The van der Waals surface area contributed by atoms with Crippen molar-refractivity contribution in [2.24, 2.45) is 0 Å². The first-order chi connectivity index (χ1) is 8.93. The third-order valence-corrected chi connectivity index (χ3v) is 2.83. The maximum absolute atomic E-state index is 12.0. The number of rotatable bonds is 3. The number of aromatic nitrogens is 1. The van der Waals surface area contributed by atoms with E-state index in [0.717, 1.165) is 5.39 Å². The van der Waals surface area contributed by atoms with Gasteiger partial charge >= 0.3 is 0 Å². The van der Waals surface area contributed by atoms with Crippen LogP contribution in [-0.4, -0.2) is 28.1 Å². The van der Waals surface area contributed by atoms with E-state index in [1.165, 1.54) is 0 Å². The molecule has 2 aromatic rings. The first kappa shape index (κ1) is 13.3. The van der Waals surface area contributed by atoms with Crippen molar-refractivity contribution in [3.05, 3.63) is 36.0 Å². The number of hydrogen-bond acceptors (Lipinski definition) is 4. The van der Waals surface area contributed by atoms with Crippen molar-refractivity contribution in [1.82, 2.24) is 10.3 Å². The maximum atomic E-state index is 12.0. The van der Waals surface area contributed by atoms with Gasteiger partial charge in [0.05, 0.1) is 23.3 Å². The number of pyridine rings is 1. The van der Waals surface area contributed by atoms with Crippen LogP contribution in [0.4, 0.5) is 5.69 Å². The quantitative estimate of drug-likeness (QED) is 0.725. The third-order valence-electron chi connectivity index (χ3n) is 2.83. The lowest BCUT2D eigenvalue weighted by Crippen LogP contribution is -2.46. The van der Waals surface area contributed by atoms with Crippen LogP contribution in [0.1, 0.15) is 24.3 Å². The Kier molecular flexibility index (Phi) is 3.40. The van der Waals surface area contributed by atoms with E-state index < -0.39 is 5.54 Å². The van der Waals surface area contributed by atoms with Crippen molar-refractivity contribution in [3.63, 3.8) is 0 Å². The second-order valence-electron chi connectivity index (χ2n) is 5.11. The molecule has 1 aromatic carbocycles. The number of amides is 1. The molecule has 2 rings (SSSR count). The summed E-state index contributed by atoms with van der Waals surface area (Å²) in [5.41, 5.74) is 6.59. The predicted octanol–water partition coefficient (Wildman–Crippen LogP) is 1.32. The number of nitrogens with zero attached hydrogens (tertiary/aromatic N) is 1. The number of fused-ring (bicyclic) bond motifs is 1. The van der Waals surface area contributed by atoms with E-state index in [9.17, 15) is 4.79 Å². The molecule has 0 saturated heterocycles. The fraction of sp³-hybridized carbons (Fsp3) is 0.286. The molecule has 100 valence electrons. The van der Waals surface area contributed by atoms with Gasteiger partial charge in [0, 0.05) is 5.39 Å². The minimum Gasteiger partial charge on any atom is -0.397 e. The molecule has 1 amide bonds. The Morgan fingerprint density at radius 2 is 2.11 bits per heavy atom. The Morgan fingerprint density at radius 3 is 2.79 bits per heavy atom. The number of aliphatic hydroxyl groups excluding tert-OH is 1. The molecule has 0 unspecified atom stereocenters. The van der Waals surface area contributed by atoms with Gasteiger partial charge in [-0.05, 0) is 26.0 Å². The molecule has 0 aliphatic rings. The third kappa shape index (κ3) is 2.82. The fourth-order valence-electron chi connectivity index (χ4n) is 1.71. The number of anilines is 1. The molecule has 0 bridgehead atoms. The second-order valence-corrected chi connectivity index (χ2v) is 5.11. The Morgan fingerprint density at radius 1 is 1.37 bits per heavy atom. The average molecular weight is 259 g/mol. The molecule has 4 N–H and O–H groups in total. The number of carbonyl (C=O) groups excluding carboxylic acids is 1. The zero-order chi connectivity index (χ0) is 14.0. The molecule has 0 atom stereocenters. The van der Waals surface area contributed by atoms with E-state index >= 15 is 0 Å². The lowest BCUT2D eigenvalue weighted by Gasteiger charge is -2.23. The highest BCUT2D eigenvalue weighted by Gasteiger charge is 2.20. The highest BCUT2D eigenvalue weighted by Crippen LogP contribution is 2.19. The first-order valence-corrected chi connectivity index (χ1v) is 6.01. The van der Waals surface area contributed by atoms with E-state index in [1.807, 2.05) is 12.1 Å². The molecule has 5 nitrogen and oxygen atoms in total. The second kappa shape index (κ2) is 4.85. The van der Waals surface area contributed by atoms with Gasteiger partial charge in [-0.2, -0.15) is 0 Å². The molecular weight excluding hydrogens is 242 g/mol. The normalized spacial score (nSPS) is 11.5. The summed E-state index contributed by atoms with van der Waals surface area (Å²) in [4.78, 5) is 16.3. The van der Waals surface area contributed by atoms with Crippen LogP contribution >= 0.6 is 0 Å². The Labute approximate surface area is 111 Å². The molecule has 1 aromatic heterocycles. The van der Waals surface area contributed by atoms with Crippen LogP contribution in [-0.2, 0) is 0 Å². The van der Waals surface area contributed by atoms with Gasteiger partial charge < -0.3 is 16.2 Å². The van der Waals surface area contributed by atoms with Crippen LogP contribution in [0, 0.1) is 0 Å². The number of carbonyl (C=O) groups is 1. The number of hydrogen-bond donors (Lipinski definition) is 3. The standard InChI is InChI=1S/C14H17N3O2/c1-14(2,8-18)17-13(19)11-7-6-9-4-3-5-10(15)12(9)16-11/h3-7,18H,8,15H2,1-2H3,(H,17,19). The Hall–Kier alpha value is -2.14. The highest BCUT2D eigenvalue weighted by molar-refractivity contribution is 5.97. The molecule has 0 aliphatic heterocycles. The predicted molar refractivity (Wildman–Crippen MR) is 74.8 cm³/mol. The molecule has 1 heterocycles. The van der Waals surface area contributed by atoms with Crippen molar-refractivity contribution in [2.45, 2.75) is 19.4 Å². The summed E-state index contributed by atoms with van der Waals surface area (Å²) < 4.78 is 0. The van der Waals surface area contributed by atoms with Gasteiger partial charge in [0.15, 0.2) is 0 Å². The maximum Gasteiger partial charge on any atom is 0.270 e. The van der Waals surface area contributed by atoms with Crippen LogP contribution in [0.15, 0.2) is 30.3 Å². The Balaban J connectivity index is 2.36. The van der Waals surface area contributed by atoms with Crippen molar-refractivity contribution in [2.75, 3.05) is 12.3 Å². The van der Waals surface area contributed by atoms with Crippen LogP contribution in [0.2, 0.25) is 0 Å². The monoisotopic (exact) mass is 259 g/mol. The first-order valence-electron chi connectivity index (χ1n) is 6.01. The largest absolute Gasteiger partial charge is 0.397 e. The SMILES string of the molecule is CC(C)(CO)NC(=O)c1ccc2cccc(N)c2n1. The molecule has 5 heteroatoms. The molecular formula is C14H17N3O2. The van der Waals surface area contributed by atoms with Gasteiger partial charge in [-0.3, -0.25) is 4.79 Å². The topological polar surface area (TPSA) is 88.2 Å². The lowest BCUT2D eigenvalue weighted by atomic mass is 10.1. The summed E-state index contributed by atoms with van der Waals surface area (Å²) in [5, 5.41) is 12.8. The number of nitrogens with two attached hydrogens (primary N) is 1. The minimum atomic E-state index is -0.685. The van der Waals surface area contributed by atoms with E-state index in [0.29, 0.717) is 11.2 Å². The van der Waals surface area contributed by atoms with Gasteiger partial charge in [-0.1, -0.05) is 18.2 Å². The summed E-state index contributed by atoms with van der Waals surface area (Å²) in [5.74, 6) is -0.329. The zero-order valence-electron chi connectivity index (χ0n) is 11.0. The molecule has 0 aliphatic carbocycles. The molecule has 0 spiro atoms. The van der Waals surface area contributed by atoms with Crippen molar-refractivity contribution in [1.29, 1.82) is 0 Å². The zero-order valence-corrected chi connectivity index (χ0v) is 11.0. The summed E-state index contributed by atoms with van der Waals surface area (Å²) >= 11 is 0. The van der Waals surface area contributed by atoms with Gasteiger partial charge in [0.2, 0.25) is 0 Å². The number of para-hydroxylation sites is 1. The van der Waals surface area contributed by atoms with Crippen molar-refractivity contribution < 1.29 is 9.90 Å². The van der Waals surface area contributed by atoms with Gasteiger partial charge in [-0.15, -0.1) is 0 Å². The summed E-state index contributed by atoms with van der Waals surface area (Å²) in [6.45, 7) is 3.33. The van der Waals surface area contributed by atoms with Gasteiger partial charge in [0.1, 0.15) is 5.69 Å². The lowest BCUT2D eigenvalue weighted by molar-refractivity contribution is 0.0864. The highest BCUT2D eigenvalue weighted by atomic mass is 16.3. The summed E-state index contributed by atoms with van der Waals surface area (Å²) in [6, 6.07) is 8.92. The van der Waals surface area contributed by atoms with Crippen LogP contribution < -0.4 is 11.1 Å². The minimum absolute atomic E-state index is 0.144. The van der Waals surface area contributed by atoms with E-state index in [-0.39, 0.29) is 18.2 Å². The van der Waals surface area contributed by atoms with Crippen molar-refractivity contribution >= 4 is 22.5 Å². The van der Waals surface area contributed by atoms with E-state index in [4.69, 9.17) is 10.8 Å². The molecule has 0 saturated carbocycles. The van der Waals surface area contributed by atoms with Crippen LogP contribution in [0.25, 0.3) is 10.9 Å². The number of nitrogen functional groups attached to an aromatic ring is 1. The van der Waals surface area contributed by atoms with E-state index in [2.05, 4.69) is 10.3 Å². The van der Waals surface area contributed by atoms with Crippen LogP contribution in [0.3, 0.4) is 0 Å². The van der Waals surface area contributed by atoms with Crippen LogP contribution in [0.5, 0.6) is 0 Å². The molecule has 19 heavy (non-hydrogen) atoms. The van der Waals surface area contributed by atoms with Crippen molar-refractivity contribution in [3.8, 4) is 0 Å². The Bertz CT molecular complexity index is 623. The van der Waals surface area contributed by atoms with Gasteiger partial charge in [0.25, 0.3) is 5.91 Å². The van der Waals surface area contributed by atoms with Gasteiger partial charge in [-0.25, -0.2) is 4.98 Å². The smallest absolute Gasteiger partial charge is 0.270 e. The molecule has 0 fully saturated rings. The number of nitrogens with one attached hydrogen (secondary N) is 1. The van der Waals surface area contributed by atoms with E-state index in [1.54, 1.807) is 32.0 Å². The number of benzene rings is 1. The molecule has 0 radical (unpaired) electrons. The average Bonchev–Trinajstić information content (AvgIpc) is 2.38. The summed E-state index contributed by atoms with van der Waals surface area (Å²) in [7, 11) is 0. The summed E-state index contributed by atoms with van der Waals surface area (Å²) in [6.07, 6.45) is 0. The number of aliphatic hydroxyl groups is 1.